The molecule has 2 spiro atoms. The second-order valence-electron chi connectivity index (χ2n) is 11.3. The molecule has 7 nitrogen and oxygen atoms in total. The Labute approximate surface area is 187 Å². The van der Waals surface area contributed by atoms with Crippen LogP contribution < -0.4 is 0 Å². The van der Waals surface area contributed by atoms with Gasteiger partial charge in [-0.15, -0.1) is 0 Å². The summed E-state index contributed by atoms with van der Waals surface area (Å²) >= 11 is 0. The third-order valence-corrected chi connectivity index (χ3v) is 10.4. The molecule has 174 valence electrons. The van der Waals surface area contributed by atoms with E-state index in [0.29, 0.717) is 45.1 Å². The Morgan fingerprint density at radius 2 is 2.06 bits per heavy atom. The molecule has 6 rings (SSSR count). The van der Waals surface area contributed by atoms with Crippen LogP contribution in [0, 0.1) is 22.7 Å². The number of aliphatic hydroxyl groups is 1. The molecule has 1 N–H and O–H groups in total. The van der Waals surface area contributed by atoms with Crippen molar-refractivity contribution in [2.24, 2.45) is 22.7 Å². The molecule has 0 amide bonds. The minimum atomic E-state index is -1.04. The molecule has 8 atom stereocenters. The zero-order valence-electron chi connectivity index (χ0n) is 19.1. The van der Waals surface area contributed by atoms with E-state index in [-0.39, 0.29) is 47.5 Å². The second-order valence-corrected chi connectivity index (χ2v) is 11.3. The van der Waals surface area contributed by atoms with Gasteiger partial charge in [0.15, 0.2) is 11.4 Å². The summed E-state index contributed by atoms with van der Waals surface area (Å²) in [5, 5.41) is 11.8. The van der Waals surface area contributed by atoms with Crippen LogP contribution in [0.15, 0.2) is 11.6 Å². The maximum absolute atomic E-state index is 12.8. The summed E-state index contributed by atoms with van der Waals surface area (Å²) in [7, 11) is 0. The van der Waals surface area contributed by atoms with E-state index in [4.69, 9.17) is 14.2 Å². The van der Waals surface area contributed by atoms with Gasteiger partial charge in [-0.05, 0) is 51.5 Å². The zero-order valence-corrected chi connectivity index (χ0v) is 19.1. The molecule has 7 heteroatoms. The number of fused-ring (bicyclic) bond motifs is 2. The molecule has 3 saturated carbocycles. The van der Waals surface area contributed by atoms with E-state index in [1.54, 1.807) is 13.0 Å². The fourth-order valence-electron chi connectivity index (χ4n) is 8.76. The van der Waals surface area contributed by atoms with Gasteiger partial charge in [0, 0.05) is 29.6 Å². The van der Waals surface area contributed by atoms with Gasteiger partial charge in [-0.1, -0.05) is 19.4 Å². The lowest BCUT2D eigenvalue weighted by atomic mass is 9.40. The standard InChI is InChI=1S/C25H32O7/c1-4-30-19(27)7-10-23(29)9-6-17-22(23,3)13-18-25(31-18)21(2)8-5-15(26)11-14(21)12-16-20(28)32-24(16,17)25/h11,16-18,29H,4-10,12-13H2,1-3H3/t16?,17-,18?,21+,22+,23+,24?,25?/m1/s1. The summed E-state index contributed by atoms with van der Waals surface area (Å²) in [4.78, 5) is 37.0. The Morgan fingerprint density at radius 1 is 1.28 bits per heavy atom. The third-order valence-electron chi connectivity index (χ3n) is 10.4. The molecule has 0 aromatic carbocycles. The van der Waals surface area contributed by atoms with Crippen molar-refractivity contribution in [3.63, 3.8) is 0 Å². The smallest absolute Gasteiger partial charge is 0.314 e. The van der Waals surface area contributed by atoms with Crippen molar-refractivity contribution in [2.45, 2.75) is 95.0 Å². The molecule has 4 unspecified atom stereocenters. The van der Waals surface area contributed by atoms with Gasteiger partial charge >= 0.3 is 11.9 Å². The first-order valence-electron chi connectivity index (χ1n) is 12.1. The Kier molecular flexibility index (Phi) is 3.93. The molecule has 0 aromatic heterocycles. The van der Waals surface area contributed by atoms with Crippen molar-refractivity contribution in [3.05, 3.63) is 11.6 Å². The number of hydrogen-bond donors (Lipinski definition) is 1. The number of rotatable bonds is 4. The maximum atomic E-state index is 12.8. The molecular weight excluding hydrogens is 412 g/mol. The Bertz CT molecular complexity index is 971. The molecule has 0 bridgehead atoms. The Balaban J connectivity index is 1.40. The van der Waals surface area contributed by atoms with Crippen LogP contribution in [0.25, 0.3) is 0 Å². The van der Waals surface area contributed by atoms with Gasteiger partial charge in [0.25, 0.3) is 0 Å². The van der Waals surface area contributed by atoms with Crippen molar-refractivity contribution in [2.75, 3.05) is 6.61 Å². The molecule has 6 aliphatic rings. The second kappa shape index (κ2) is 6.03. The van der Waals surface area contributed by atoms with E-state index in [0.717, 1.165) is 12.0 Å². The number of ketones is 1. The lowest BCUT2D eigenvalue weighted by Gasteiger charge is -2.68. The molecule has 2 saturated heterocycles. The van der Waals surface area contributed by atoms with E-state index in [9.17, 15) is 19.5 Å². The van der Waals surface area contributed by atoms with Crippen LogP contribution in [-0.4, -0.2) is 52.3 Å². The first kappa shape index (κ1) is 20.8. The predicted octanol–water partition coefficient (Wildman–Crippen LogP) is 2.63. The van der Waals surface area contributed by atoms with Crippen LogP contribution >= 0.6 is 0 Å². The molecule has 2 aliphatic heterocycles. The van der Waals surface area contributed by atoms with E-state index < -0.39 is 22.2 Å². The summed E-state index contributed by atoms with van der Waals surface area (Å²) in [6.45, 7) is 6.38. The van der Waals surface area contributed by atoms with Crippen LogP contribution in [0.1, 0.15) is 72.1 Å². The predicted molar refractivity (Wildman–Crippen MR) is 111 cm³/mol. The number of ether oxygens (including phenoxy) is 3. The van der Waals surface area contributed by atoms with Gasteiger partial charge < -0.3 is 19.3 Å². The highest BCUT2D eigenvalue weighted by Crippen LogP contribution is 2.81. The van der Waals surface area contributed by atoms with Gasteiger partial charge in [-0.25, -0.2) is 0 Å². The quantitative estimate of drug-likeness (QED) is 0.525. The molecule has 32 heavy (non-hydrogen) atoms. The third kappa shape index (κ3) is 2.05. The summed E-state index contributed by atoms with van der Waals surface area (Å²) in [5.74, 6) is -0.764. The highest BCUT2D eigenvalue weighted by molar-refractivity contribution is 5.93. The Hall–Kier alpha value is -1.73. The number of esters is 2. The van der Waals surface area contributed by atoms with E-state index in [2.05, 4.69) is 13.8 Å². The van der Waals surface area contributed by atoms with Crippen LogP contribution in [0.5, 0.6) is 0 Å². The van der Waals surface area contributed by atoms with Crippen LogP contribution in [0.2, 0.25) is 0 Å². The number of epoxide rings is 1. The molecule has 0 radical (unpaired) electrons. The molecular formula is C25H32O7. The van der Waals surface area contributed by atoms with Gasteiger partial charge in [0.05, 0.1) is 18.3 Å². The summed E-state index contributed by atoms with van der Waals surface area (Å²) in [6, 6.07) is 0. The summed E-state index contributed by atoms with van der Waals surface area (Å²) < 4.78 is 17.9. The SMILES string of the molecule is CCOC(=O)CC[C@@]1(O)CC[C@H]2C34OC(=O)C3CC3=CC(=O)CC[C@]3(C)C43OC3C[C@@]21C. The topological polar surface area (TPSA) is 102 Å². The summed E-state index contributed by atoms with van der Waals surface area (Å²) in [5.41, 5.74) is -2.24. The van der Waals surface area contributed by atoms with Crippen LogP contribution in [0.3, 0.4) is 0 Å². The van der Waals surface area contributed by atoms with E-state index in [1.807, 2.05) is 0 Å². The number of carbonyl (C=O) groups is 3. The van der Waals surface area contributed by atoms with Crippen molar-refractivity contribution >= 4 is 17.7 Å². The maximum Gasteiger partial charge on any atom is 0.314 e. The van der Waals surface area contributed by atoms with E-state index in [1.165, 1.54) is 0 Å². The lowest BCUT2D eigenvalue weighted by molar-refractivity contribution is -0.289. The highest BCUT2D eigenvalue weighted by atomic mass is 16.7. The molecule has 2 heterocycles. The summed E-state index contributed by atoms with van der Waals surface area (Å²) in [6.07, 6.45) is 5.82. The van der Waals surface area contributed by atoms with Crippen LogP contribution in [-0.2, 0) is 28.6 Å². The minimum Gasteiger partial charge on any atom is -0.466 e. The largest absolute Gasteiger partial charge is 0.466 e. The highest BCUT2D eigenvalue weighted by Gasteiger charge is 2.93. The zero-order chi connectivity index (χ0) is 22.7. The lowest BCUT2D eigenvalue weighted by Crippen LogP contribution is -2.80. The normalized spacial score (nSPS) is 52.2. The molecule has 4 aliphatic carbocycles. The van der Waals surface area contributed by atoms with Crippen molar-refractivity contribution in [3.8, 4) is 0 Å². The van der Waals surface area contributed by atoms with Gasteiger partial charge in [-0.2, -0.15) is 0 Å². The monoisotopic (exact) mass is 444 g/mol. The molecule has 5 fully saturated rings. The molecule has 0 aromatic rings. The Morgan fingerprint density at radius 3 is 2.78 bits per heavy atom. The van der Waals surface area contributed by atoms with Crippen molar-refractivity contribution in [1.82, 2.24) is 0 Å². The van der Waals surface area contributed by atoms with Crippen molar-refractivity contribution in [1.29, 1.82) is 0 Å². The minimum absolute atomic E-state index is 0.0420. The van der Waals surface area contributed by atoms with Crippen LogP contribution in [0.4, 0.5) is 0 Å². The number of carbonyl (C=O) groups excluding carboxylic acids is 3. The van der Waals surface area contributed by atoms with E-state index >= 15 is 0 Å². The fraction of sp³-hybridized carbons (Fsp3) is 0.800. The fourth-order valence-corrected chi connectivity index (χ4v) is 8.76. The first-order chi connectivity index (χ1) is 15.1. The van der Waals surface area contributed by atoms with Crippen molar-refractivity contribution < 1.29 is 33.7 Å². The average Bonchev–Trinajstić information content (AvgIpc) is 3.40. The first-order valence-corrected chi connectivity index (χ1v) is 12.1. The number of hydrogen-bond acceptors (Lipinski definition) is 7. The van der Waals surface area contributed by atoms with Gasteiger partial charge in [-0.3, -0.25) is 14.4 Å². The van der Waals surface area contributed by atoms with Gasteiger partial charge in [0.2, 0.25) is 0 Å². The average molecular weight is 445 g/mol. The van der Waals surface area contributed by atoms with Gasteiger partial charge in [0.1, 0.15) is 11.5 Å².